The van der Waals surface area contributed by atoms with Crippen LogP contribution in [0.1, 0.15) is 44.5 Å². The summed E-state index contributed by atoms with van der Waals surface area (Å²) in [7, 11) is 0. The summed E-state index contributed by atoms with van der Waals surface area (Å²) in [5, 5.41) is 2.51. The van der Waals surface area contributed by atoms with E-state index in [0.717, 1.165) is 22.6 Å². The van der Waals surface area contributed by atoms with Crippen molar-refractivity contribution in [2.75, 3.05) is 0 Å². The number of benzene rings is 9. The molecular formula is C54H34O. The van der Waals surface area contributed by atoms with Crippen LogP contribution in [0, 0.1) is 0 Å². The standard InChI is InChI=1S/C54H34O/c1-2-18-39(19-3-1)53(45-24-9-8-23-43(45)44-32-36-15-4-5-16-37(36)33-50(44)53)40-20-14-17-35(31-40)38-29-30-49-52(34-38)55-51-28-13-12-27-48(51)54(49)46-25-10-6-21-41(46)42-22-7-11-26-47(42)54/h1-34H. The zero-order valence-corrected chi connectivity index (χ0v) is 30.0. The molecule has 9 aromatic carbocycles. The number of fused-ring (bicyclic) bond motifs is 13. The molecule has 3 aliphatic rings. The second-order valence-corrected chi connectivity index (χ2v) is 15.1. The van der Waals surface area contributed by atoms with Gasteiger partial charge in [0.1, 0.15) is 11.5 Å². The van der Waals surface area contributed by atoms with E-state index in [2.05, 4.69) is 206 Å². The highest BCUT2D eigenvalue weighted by Gasteiger charge is 2.51. The first kappa shape index (κ1) is 30.5. The zero-order chi connectivity index (χ0) is 36.1. The second-order valence-electron chi connectivity index (χ2n) is 15.1. The fourth-order valence-corrected chi connectivity index (χ4v) is 10.4. The van der Waals surface area contributed by atoms with Crippen molar-refractivity contribution in [3.63, 3.8) is 0 Å². The summed E-state index contributed by atoms with van der Waals surface area (Å²) >= 11 is 0. The number of hydrogen-bond donors (Lipinski definition) is 0. The summed E-state index contributed by atoms with van der Waals surface area (Å²) in [6, 6.07) is 76.2. The predicted molar refractivity (Wildman–Crippen MR) is 224 cm³/mol. The lowest BCUT2D eigenvalue weighted by Gasteiger charge is -2.39. The topological polar surface area (TPSA) is 9.23 Å². The van der Waals surface area contributed by atoms with Crippen molar-refractivity contribution in [3.05, 3.63) is 251 Å². The van der Waals surface area contributed by atoms with Gasteiger partial charge in [0.15, 0.2) is 0 Å². The molecule has 0 bridgehead atoms. The lowest BCUT2D eigenvalue weighted by molar-refractivity contribution is 0.436. The third-order valence-corrected chi connectivity index (χ3v) is 12.6. The van der Waals surface area contributed by atoms with Crippen LogP contribution in [0.2, 0.25) is 0 Å². The van der Waals surface area contributed by atoms with Gasteiger partial charge in [0, 0.05) is 11.1 Å². The largest absolute Gasteiger partial charge is 0.457 e. The van der Waals surface area contributed by atoms with E-state index in [-0.39, 0.29) is 0 Å². The molecule has 1 heterocycles. The van der Waals surface area contributed by atoms with Crippen molar-refractivity contribution >= 4 is 10.8 Å². The van der Waals surface area contributed by atoms with E-state index in [1.165, 1.54) is 77.5 Å². The van der Waals surface area contributed by atoms with Gasteiger partial charge in [-0.2, -0.15) is 0 Å². The molecule has 0 amide bonds. The lowest BCUT2D eigenvalue weighted by Crippen LogP contribution is -2.32. The van der Waals surface area contributed by atoms with Crippen LogP contribution in [-0.4, -0.2) is 0 Å². The average Bonchev–Trinajstić information content (AvgIpc) is 3.71. The van der Waals surface area contributed by atoms with Crippen LogP contribution < -0.4 is 4.74 Å². The van der Waals surface area contributed by atoms with Gasteiger partial charge >= 0.3 is 0 Å². The Balaban J connectivity index is 1.09. The van der Waals surface area contributed by atoms with Crippen molar-refractivity contribution in [1.29, 1.82) is 0 Å². The Hall–Kier alpha value is -6.96. The molecule has 1 spiro atoms. The average molecular weight is 699 g/mol. The highest BCUT2D eigenvalue weighted by Crippen LogP contribution is 2.62. The van der Waals surface area contributed by atoms with Crippen LogP contribution in [0.3, 0.4) is 0 Å². The van der Waals surface area contributed by atoms with E-state index in [1.807, 2.05) is 0 Å². The second kappa shape index (κ2) is 11.3. The van der Waals surface area contributed by atoms with Crippen LogP contribution in [0.15, 0.2) is 206 Å². The van der Waals surface area contributed by atoms with Gasteiger partial charge in [-0.05, 0) is 108 Å². The quantitative estimate of drug-likeness (QED) is 0.178. The highest BCUT2D eigenvalue weighted by atomic mass is 16.5. The van der Waals surface area contributed by atoms with Gasteiger partial charge in [-0.1, -0.05) is 176 Å². The summed E-state index contributed by atoms with van der Waals surface area (Å²) in [6.45, 7) is 0. The van der Waals surface area contributed by atoms with Gasteiger partial charge in [-0.15, -0.1) is 0 Å². The molecule has 256 valence electrons. The van der Waals surface area contributed by atoms with Gasteiger partial charge in [0.05, 0.1) is 10.8 Å². The molecule has 0 N–H and O–H groups in total. The van der Waals surface area contributed by atoms with Crippen molar-refractivity contribution in [2.24, 2.45) is 0 Å². The molecule has 1 atom stereocenters. The van der Waals surface area contributed by atoms with Crippen molar-refractivity contribution in [2.45, 2.75) is 10.8 Å². The van der Waals surface area contributed by atoms with Crippen LogP contribution in [0.4, 0.5) is 0 Å². The molecule has 0 fully saturated rings. The number of ether oxygens (including phenoxy) is 1. The summed E-state index contributed by atoms with van der Waals surface area (Å²) in [5.41, 5.74) is 16.6. The first-order chi connectivity index (χ1) is 27.3. The molecule has 0 radical (unpaired) electrons. The normalized spacial score (nSPS) is 16.4. The smallest absolute Gasteiger partial charge is 0.132 e. The molecular weight excluding hydrogens is 665 g/mol. The van der Waals surface area contributed by atoms with E-state index >= 15 is 0 Å². The SMILES string of the molecule is c1ccc(C2(c3cccc(-c4ccc5c(c4)Oc4ccccc4C54c5ccccc5-c5ccccc54)c3)c3ccccc3-c3cc4ccccc4cc32)cc1. The first-order valence-corrected chi connectivity index (χ1v) is 19.2. The maximum absolute atomic E-state index is 6.91. The molecule has 12 rings (SSSR count). The van der Waals surface area contributed by atoms with Crippen molar-refractivity contribution in [3.8, 4) is 44.9 Å². The van der Waals surface area contributed by atoms with Crippen LogP contribution in [-0.2, 0) is 10.8 Å². The first-order valence-electron chi connectivity index (χ1n) is 19.2. The molecule has 9 aromatic rings. The number of para-hydroxylation sites is 1. The minimum absolute atomic E-state index is 0.477. The number of hydrogen-bond acceptors (Lipinski definition) is 1. The number of rotatable bonds is 3. The molecule has 1 heteroatoms. The zero-order valence-electron chi connectivity index (χ0n) is 30.0. The van der Waals surface area contributed by atoms with Gasteiger partial charge < -0.3 is 4.74 Å². The van der Waals surface area contributed by atoms with Gasteiger partial charge in [-0.3, -0.25) is 0 Å². The molecule has 1 nitrogen and oxygen atoms in total. The Labute approximate surface area is 320 Å². The van der Waals surface area contributed by atoms with E-state index in [0.29, 0.717) is 0 Å². The molecule has 2 aliphatic carbocycles. The monoisotopic (exact) mass is 698 g/mol. The lowest BCUT2D eigenvalue weighted by atomic mass is 9.66. The molecule has 0 saturated carbocycles. The van der Waals surface area contributed by atoms with Gasteiger partial charge in [0.2, 0.25) is 0 Å². The minimum atomic E-state index is -0.502. The summed E-state index contributed by atoms with van der Waals surface area (Å²) in [4.78, 5) is 0. The van der Waals surface area contributed by atoms with E-state index < -0.39 is 10.8 Å². The van der Waals surface area contributed by atoms with E-state index in [9.17, 15) is 0 Å². The van der Waals surface area contributed by atoms with Gasteiger partial charge in [-0.25, -0.2) is 0 Å². The Morgan fingerprint density at radius 3 is 1.53 bits per heavy atom. The molecule has 1 unspecified atom stereocenters. The highest BCUT2D eigenvalue weighted by molar-refractivity contribution is 5.96. The fraction of sp³-hybridized carbons (Fsp3) is 0.0370. The maximum Gasteiger partial charge on any atom is 0.132 e. The summed E-state index contributed by atoms with van der Waals surface area (Å²) in [6.07, 6.45) is 0. The Bertz CT molecular complexity index is 2980. The van der Waals surface area contributed by atoms with Crippen LogP contribution in [0.25, 0.3) is 44.2 Å². The third-order valence-electron chi connectivity index (χ3n) is 12.6. The van der Waals surface area contributed by atoms with E-state index in [1.54, 1.807) is 0 Å². The third kappa shape index (κ3) is 3.97. The molecule has 55 heavy (non-hydrogen) atoms. The maximum atomic E-state index is 6.91. The van der Waals surface area contributed by atoms with E-state index in [4.69, 9.17) is 4.74 Å². The van der Waals surface area contributed by atoms with Crippen LogP contribution >= 0.6 is 0 Å². The Kier molecular flexibility index (Phi) is 6.25. The molecule has 0 aromatic heterocycles. The van der Waals surface area contributed by atoms with Crippen molar-refractivity contribution < 1.29 is 4.74 Å². The Morgan fingerprint density at radius 2 is 0.800 bits per heavy atom. The molecule has 0 saturated heterocycles. The Morgan fingerprint density at radius 1 is 0.273 bits per heavy atom. The summed E-state index contributed by atoms with van der Waals surface area (Å²) < 4.78 is 6.91. The fourth-order valence-electron chi connectivity index (χ4n) is 10.4. The van der Waals surface area contributed by atoms with Gasteiger partial charge in [0.25, 0.3) is 0 Å². The summed E-state index contributed by atoms with van der Waals surface area (Å²) in [5.74, 6) is 1.80. The predicted octanol–water partition coefficient (Wildman–Crippen LogP) is 13.3. The minimum Gasteiger partial charge on any atom is -0.457 e. The molecule has 1 aliphatic heterocycles. The van der Waals surface area contributed by atoms with Crippen LogP contribution in [0.5, 0.6) is 11.5 Å². The van der Waals surface area contributed by atoms with Crippen molar-refractivity contribution in [1.82, 2.24) is 0 Å².